The summed E-state index contributed by atoms with van der Waals surface area (Å²) >= 11 is 0. The summed E-state index contributed by atoms with van der Waals surface area (Å²) in [5.74, 6) is 1.71. The van der Waals surface area contributed by atoms with Gasteiger partial charge in [0.1, 0.15) is 12.9 Å². The van der Waals surface area contributed by atoms with Crippen LogP contribution in [0.3, 0.4) is 0 Å². The second-order valence-corrected chi connectivity index (χ2v) is 8.58. The molecule has 0 aliphatic carbocycles. The lowest BCUT2D eigenvalue weighted by Gasteiger charge is -2.07. The fourth-order valence-electron chi connectivity index (χ4n) is 2.77. The van der Waals surface area contributed by atoms with E-state index in [0.717, 1.165) is 31.2 Å². The molecule has 3 N–H and O–H groups in total. The average Bonchev–Trinajstić information content (AvgIpc) is 2.69. The molecule has 0 aromatic carbocycles. The smallest absolute Gasteiger partial charge is 0.220 e. The predicted octanol–water partition coefficient (Wildman–Crippen LogP) is 4.49. The Balaban J connectivity index is 0. The average molecular weight is 431 g/mol. The second-order valence-electron chi connectivity index (χ2n) is 8.58. The van der Waals surface area contributed by atoms with Gasteiger partial charge in [-0.1, -0.05) is 72.6 Å². The van der Waals surface area contributed by atoms with E-state index in [2.05, 4.69) is 33.0 Å². The number of hydrogen-bond acceptors (Lipinski definition) is 5. The maximum Gasteiger partial charge on any atom is 0.220 e. The lowest BCUT2D eigenvalue weighted by molar-refractivity contribution is -0.121. The Morgan fingerprint density at radius 3 is 1.97 bits per heavy atom. The normalized spacial score (nSPS) is 10.8. The van der Waals surface area contributed by atoms with Crippen molar-refractivity contribution in [3.63, 3.8) is 0 Å². The number of carbonyl (C=O) groups is 2. The Hall–Kier alpha value is -0.980. The molecule has 0 radical (unpaired) electrons. The summed E-state index contributed by atoms with van der Waals surface area (Å²) in [5, 5.41) is 2.82. The van der Waals surface area contributed by atoms with Crippen LogP contribution in [0.2, 0.25) is 0 Å². The number of nitrogens with two attached hydrogens (primary N) is 1. The van der Waals surface area contributed by atoms with Gasteiger partial charge in [-0.15, -0.1) is 0 Å². The molecule has 0 aromatic rings. The van der Waals surface area contributed by atoms with Crippen molar-refractivity contribution >= 4 is 12.2 Å². The molecule has 0 aromatic heterocycles. The van der Waals surface area contributed by atoms with Crippen molar-refractivity contribution in [3.05, 3.63) is 0 Å². The van der Waals surface area contributed by atoms with Gasteiger partial charge >= 0.3 is 0 Å². The molecule has 0 rings (SSSR count). The molecule has 0 saturated heterocycles. The highest BCUT2D eigenvalue weighted by Crippen LogP contribution is 2.09. The van der Waals surface area contributed by atoms with Crippen LogP contribution in [0.1, 0.15) is 91.9 Å². The first-order chi connectivity index (χ1) is 14.4. The lowest BCUT2D eigenvalue weighted by atomic mass is 10.0. The number of aldehydes is 1. The minimum absolute atomic E-state index is 0.0929. The van der Waals surface area contributed by atoms with Crippen molar-refractivity contribution in [1.82, 2.24) is 5.32 Å². The number of rotatable bonds is 20. The third-order valence-electron chi connectivity index (χ3n) is 4.55. The molecule has 0 spiro atoms. The Labute approximate surface area is 186 Å². The van der Waals surface area contributed by atoms with Gasteiger partial charge in [0.15, 0.2) is 0 Å². The van der Waals surface area contributed by atoms with Gasteiger partial charge in [-0.3, -0.25) is 4.79 Å². The largest absolute Gasteiger partial charge is 0.377 e. The van der Waals surface area contributed by atoms with E-state index < -0.39 is 0 Å². The van der Waals surface area contributed by atoms with Crippen LogP contribution in [-0.4, -0.2) is 51.7 Å². The number of hydrogen-bond donors (Lipinski definition) is 2. The van der Waals surface area contributed by atoms with Gasteiger partial charge in [-0.05, 0) is 31.2 Å². The molecule has 1 amide bonds. The van der Waals surface area contributed by atoms with Gasteiger partial charge in [-0.2, -0.15) is 0 Å². The molecule has 0 aliphatic rings. The monoisotopic (exact) mass is 430 g/mol. The van der Waals surface area contributed by atoms with Gasteiger partial charge in [0.25, 0.3) is 0 Å². The molecule has 0 fully saturated rings. The first-order valence-corrected chi connectivity index (χ1v) is 12.0. The maximum absolute atomic E-state index is 11.5. The van der Waals surface area contributed by atoms with Crippen molar-refractivity contribution in [3.8, 4) is 0 Å². The quantitative estimate of drug-likeness (QED) is 0.219. The SMILES string of the molecule is CC(C)CCCCCC(=O)NCCOCCOCC=O.CC(C)CCCCCCN. The van der Waals surface area contributed by atoms with Crippen molar-refractivity contribution in [2.24, 2.45) is 17.6 Å². The van der Waals surface area contributed by atoms with Crippen LogP contribution in [0.25, 0.3) is 0 Å². The van der Waals surface area contributed by atoms with Gasteiger partial charge in [0.2, 0.25) is 5.91 Å². The fourth-order valence-corrected chi connectivity index (χ4v) is 2.77. The van der Waals surface area contributed by atoms with Crippen LogP contribution in [0, 0.1) is 11.8 Å². The maximum atomic E-state index is 11.5. The van der Waals surface area contributed by atoms with Crippen molar-refractivity contribution in [1.29, 1.82) is 0 Å². The molecule has 6 nitrogen and oxygen atoms in total. The zero-order valence-electron chi connectivity index (χ0n) is 20.3. The third-order valence-corrected chi connectivity index (χ3v) is 4.55. The minimum atomic E-state index is 0.0929. The molecule has 0 heterocycles. The molecule has 0 saturated carbocycles. The third kappa shape index (κ3) is 31.7. The zero-order chi connectivity index (χ0) is 22.9. The predicted molar refractivity (Wildman–Crippen MR) is 126 cm³/mol. The van der Waals surface area contributed by atoms with E-state index >= 15 is 0 Å². The topological polar surface area (TPSA) is 90.6 Å². The standard InChI is InChI=1S/C15H29NO4.C9H21N/c1-14(2)6-4-3-5-7-15(18)16-8-10-19-12-13-20-11-9-17;1-9(2)7-5-3-4-6-8-10/h9,14H,3-8,10-13H2,1-2H3,(H,16,18);9H,3-8,10H2,1-2H3. The molecule has 30 heavy (non-hydrogen) atoms. The summed E-state index contributed by atoms with van der Waals surface area (Å²) in [5.41, 5.74) is 5.37. The van der Waals surface area contributed by atoms with E-state index in [4.69, 9.17) is 15.2 Å². The highest BCUT2D eigenvalue weighted by Gasteiger charge is 2.01. The molecule has 6 heteroatoms. The molecule has 180 valence electrons. The Morgan fingerprint density at radius 2 is 1.40 bits per heavy atom. The number of nitrogens with one attached hydrogen (secondary N) is 1. The van der Waals surface area contributed by atoms with Gasteiger partial charge in [0, 0.05) is 13.0 Å². The summed E-state index contributed by atoms with van der Waals surface area (Å²) in [6.45, 7) is 11.8. The lowest BCUT2D eigenvalue weighted by Crippen LogP contribution is -2.27. The molecular formula is C24H50N2O4. The van der Waals surface area contributed by atoms with E-state index in [9.17, 15) is 9.59 Å². The van der Waals surface area contributed by atoms with E-state index in [0.29, 0.717) is 39.1 Å². The molecule has 0 bridgehead atoms. The van der Waals surface area contributed by atoms with Crippen LogP contribution in [0.5, 0.6) is 0 Å². The summed E-state index contributed by atoms with van der Waals surface area (Å²) in [7, 11) is 0. The van der Waals surface area contributed by atoms with Crippen molar-refractivity contribution in [2.75, 3.05) is 39.5 Å². The van der Waals surface area contributed by atoms with Gasteiger partial charge in [-0.25, -0.2) is 0 Å². The highest BCUT2D eigenvalue weighted by molar-refractivity contribution is 5.75. The second kappa shape index (κ2) is 26.1. The molecule has 0 aliphatic heterocycles. The number of unbranched alkanes of at least 4 members (excludes halogenated alkanes) is 5. The van der Waals surface area contributed by atoms with Crippen LogP contribution < -0.4 is 11.1 Å². The molecule has 0 atom stereocenters. The van der Waals surface area contributed by atoms with E-state index in [1.807, 2.05) is 0 Å². The van der Waals surface area contributed by atoms with Crippen LogP contribution in [0.15, 0.2) is 0 Å². The number of ether oxygens (including phenoxy) is 2. The molecule has 0 unspecified atom stereocenters. The number of carbonyl (C=O) groups excluding carboxylic acids is 2. The van der Waals surface area contributed by atoms with Gasteiger partial charge < -0.3 is 25.3 Å². The van der Waals surface area contributed by atoms with E-state index in [1.165, 1.54) is 44.9 Å². The summed E-state index contributed by atoms with van der Waals surface area (Å²) < 4.78 is 10.2. The Bertz CT molecular complexity index is 363. The van der Waals surface area contributed by atoms with Gasteiger partial charge in [0.05, 0.1) is 19.8 Å². The summed E-state index contributed by atoms with van der Waals surface area (Å²) in [6, 6.07) is 0. The van der Waals surface area contributed by atoms with Crippen LogP contribution in [-0.2, 0) is 19.1 Å². The first kappa shape index (κ1) is 31.2. The summed E-state index contributed by atoms with van der Waals surface area (Å²) in [6.07, 6.45) is 12.5. The molecular weight excluding hydrogens is 380 g/mol. The van der Waals surface area contributed by atoms with E-state index in [1.54, 1.807) is 0 Å². The number of amides is 1. The zero-order valence-corrected chi connectivity index (χ0v) is 20.3. The van der Waals surface area contributed by atoms with Crippen LogP contribution in [0.4, 0.5) is 0 Å². The Kier molecular flexibility index (Phi) is 27.1. The Morgan fingerprint density at radius 1 is 0.833 bits per heavy atom. The highest BCUT2D eigenvalue weighted by atomic mass is 16.5. The fraction of sp³-hybridized carbons (Fsp3) is 0.917. The summed E-state index contributed by atoms with van der Waals surface area (Å²) in [4.78, 5) is 21.4. The first-order valence-electron chi connectivity index (χ1n) is 12.0. The van der Waals surface area contributed by atoms with Crippen molar-refractivity contribution in [2.45, 2.75) is 91.9 Å². The minimum Gasteiger partial charge on any atom is -0.377 e. The van der Waals surface area contributed by atoms with Crippen molar-refractivity contribution < 1.29 is 19.1 Å². The van der Waals surface area contributed by atoms with E-state index in [-0.39, 0.29) is 12.5 Å². The van der Waals surface area contributed by atoms with Crippen LogP contribution >= 0.6 is 0 Å².